The molecule has 0 N–H and O–H groups in total. The summed E-state index contributed by atoms with van der Waals surface area (Å²) in [5.74, 6) is -1.84. The first-order valence-electron chi connectivity index (χ1n) is 13.3. The zero-order valence-corrected chi connectivity index (χ0v) is 21.6. The Morgan fingerprint density at radius 1 is 0.892 bits per heavy atom. The maximum atomic E-state index is 15.1. The summed E-state index contributed by atoms with van der Waals surface area (Å²) in [5, 5.41) is 0. The van der Waals surface area contributed by atoms with Gasteiger partial charge in [0.05, 0.1) is 12.7 Å². The van der Waals surface area contributed by atoms with Crippen molar-refractivity contribution in [3.8, 4) is 28.0 Å². The van der Waals surface area contributed by atoms with Gasteiger partial charge >= 0.3 is 0 Å². The minimum Gasteiger partial charge on any atom is -0.486 e. The number of benzene rings is 3. The highest BCUT2D eigenvalue weighted by atomic mass is 19.2. The van der Waals surface area contributed by atoms with Gasteiger partial charge in [-0.15, -0.1) is 0 Å². The first kappa shape index (κ1) is 27.0. The minimum atomic E-state index is -1.02. The molecule has 0 aliphatic carbocycles. The summed E-state index contributed by atoms with van der Waals surface area (Å²) in [6.07, 6.45) is 10.4. The van der Waals surface area contributed by atoms with Gasteiger partial charge in [0.1, 0.15) is 12.4 Å². The summed E-state index contributed by atoms with van der Waals surface area (Å²) in [6, 6.07) is 15.0. The van der Waals surface area contributed by atoms with E-state index in [9.17, 15) is 8.78 Å². The van der Waals surface area contributed by atoms with Gasteiger partial charge in [0.15, 0.2) is 11.6 Å². The van der Waals surface area contributed by atoms with Gasteiger partial charge in [-0.3, -0.25) is 0 Å². The van der Waals surface area contributed by atoms with Crippen LogP contribution in [0.25, 0.3) is 22.3 Å². The second-order valence-corrected chi connectivity index (χ2v) is 9.70. The Hall–Kier alpha value is -3.05. The van der Waals surface area contributed by atoms with Crippen LogP contribution in [0.1, 0.15) is 64.0 Å². The highest BCUT2D eigenvalue weighted by Gasteiger charge is 2.23. The highest BCUT2D eigenvalue weighted by molar-refractivity contribution is 5.71. The summed E-state index contributed by atoms with van der Waals surface area (Å²) >= 11 is 0. The monoisotopic (exact) mass is 508 g/mol. The molecule has 0 bridgehead atoms. The van der Waals surface area contributed by atoms with Crippen molar-refractivity contribution in [2.45, 2.75) is 58.5 Å². The topological polar surface area (TPSA) is 18.5 Å². The maximum absolute atomic E-state index is 15.1. The van der Waals surface area contributed by atoms with Crippen LogP contribution in [0.15, 0.2) is 66.7 Å². The van der Waals surface area contributed by atoms with Crippen LogP contribution in [0.3, 0.4) is 0 Å². The van der Waals surface area contributed by atoms with Crippen LogP contribution in [0.2, 0.25) is 0 Å². The smallest absolute Gasteiger partial charge is 0.201 e. The molecule has 196 valence electrons. The number of allylic oxidation sites excluding steroid dienone is 1. The number of rotatable bonds is 10. The van der Waals surface area contributed by atoms with E-state index in [1.54, 1.807) is 48.6 Å². The number of halogens is 3. The zero-order valence-electron chi connectivity index (χ0n) is 21.6. The van der Waals surface area contributed by atoms with Crippen LogP contribution in [-0.2, 0) is 4.74 Å². The molecule has 37 heavy (non-hydrogen) atoms. The maximum Gasteiger partial charge on any atom is 0.201 e. The Morgan fingerprint density at radius 2 is 1.62 bits per heavy atom. The predicted molar refractivity (Wildman–Crippen MR) is 143 cm³/mol. The molecule has 0 spiro atoms. The first-order valence-corrected chi connectivity index (χ1v) is 13.3. The molecule has 1 heterocycles. The zero-order chi connectivity index (χ0) is 26.2. The molecule has 2 nitrogen and oxygen atoms in total. The number of hydrogen-bond donors (Lipinski definition) is 0. The fourth-order valence-corrected chi connectivity index (χ4v) is 4.87. The quantitative estimate of drug-likeness (QED) is 0.201. The van der Waals surface area contributed by atoms with Gasteiger partial charge in [0.2, 0.25) is 5.82 Å². The average molecular weight is 509 g/mol. The lowest BCUT2D eigenvalue weighted by Crippen LogP contribution is -2.20. The SMILES string of the molecule is CC=CCOc1ccc(-c2ccc(-c3ccc(C4CCC(CCCCC)CO4)cc3F)cc2)c(F)c1F. The van der Waals surface area contributed by atoms with Gasteiger partial charge in [-0.1, -0.05) is 74.7 Å². The number of ether oxygens (including phenoxy) is 2. The van der Waals surface area contributed by atoms with Crippen molar-refractivity contribution < 1.29 is 22.6 Å². The normalized spacial score (nSPS) is 17.9. The van der Waals surface area contributed by atoms with Crippen molar-refractivity contribution in [2.75, 3.05) is 13.2 Å². The van der Waals surface area contributed by atoms with E-state index in [2.05, 4.69) is 6.92 Å². The van der Waals surface area contributed by atoms with Crippen molar-refractivity contribution in [3.05, 3.63) is 89.8 Å². The van der Waals surface area contributed by atoms with Crippen LogP contribution >= 0.6 is 0 Å². The third-order valence-corrected chi connectivity index (χ3v) is 7.08. The van der Waals surface area contributed by atoms with Gasteiger partial charge < -0.3 is 9.47 Å². The second kappa shape index (κ2) is 13.0. The van der Waals surface area contributed by atoms with Gasteiger partial charge in [0, 0.05) is 11.1 Å². The van der Waals surface area contributed by atoms with Crippen molar-refractivity contribution in [3.63, 3.8) is 0 Å². The lowest BCUT2D eigenvalue weighted by Gasteiger charge is -2.29. The summed E-state index contributed by atoms with van der Waals surface area (Å²) in [4.78, 5) is 0. The van der Waals surface area contributed by atoms with E-state index in [4.69, 9.17) is 9.47 Å². The molecular weight excluding hydrogens is 473 g/mol. The van der Waals surface area contributed by atoms with Crippen molar-refractivity contribution in [1.29, 1.82) is 0 Å². The van der Waals surface area contributed by atoms with Gasteiger partial charge in [-0.05, 0) is 67.0 Å². The second-order valence-electron chi connectivity index (χ2n) is 9.70. The molecule has 2 unspecified atom stereocenters. The van der Waals surface area contributed by atoms with E-state index in [-0.39, 0.29) is 29.8 Å². The first-order chi connectivity index (χ1) is 18.0. The molecule has 1 saturated heterocycles. The Balaban J connectivity index is 1.43. The predicted octanol–water partition coefficient (Wildman–Crippen LogP) is 9.44. The Kier molecular flexibility index (Phi) is 9.45. The van der Waals surface area contributed by atoms with E-state index >= 15 is 4.39 Å². The molecule has 0 amide bonds. The van der Waals surface area contributed by atoms with Gasteiger partial charge in [0.25, 0.3) is 0 Å². The van der Waals surface area contributed by atoms with Crippen molar-refractivity contribution in [1.82, 2.24) is 0 Å². The van der Waals surface area contributed by atoms with Crippen LogP contribution in [0, 0.1) is 23.4 Å². The molecular formula is C32H35F3O2. The minimum absolute atomic E-state index is 0.0730. The van der Waals surface area contributed by atoms with Crippen molar-refractivity contribution >= 4 is 0 Å². The van der Waals surface area contributed by atoms with Crippen molar-refractivity contribution in [2.24, 2.45) is 5.92 Å². The number of hydrogen-bond acceptors (Lipinski definition) is 2. The standard InChI is InChI=1S/C32H35F3O2/c1-3-5-7-8-22-9-17-29(37-21-22)25-14-15-26(28(33)20-25)23-10-12-24(13-11-23)27-16-18-30(32(35)31(27)34)36-19-6-4-2/h4,6,10-16,18,20,22,29H,3,5,7-9,17,19,21H2,1-2H3. The molecule has 5 heteroatoms. The molecule has 3 aromatic carbocycles. The summed E-state index contributed by atoms with van der Waals surface area (Å²) < 4.78 is 55.6. The fraction of sp³-hybridized carbons (Fsp3) is 0.375. The van der Waals surface area contributed by atoms with E-state index in [1.807, 2.05) is 13.0 Å². The molecule has 3 aromatic rings. The molecule has 2 atom stereocenters. The highest BCUT2D eigenvalue weighted by Crippen LogP contribution is 2.36. The molecule has 1 aliphatic heterocycles. The third-order valence-electron chi connectivity index (χ3n) is 7.08. The Morgan fingerprint density at radius 3 is 2.27 bits per heavy atom. The molecule has 1 fully saturated rings. The van der Waals surface area contributed by atoms with Crippen LogP contribution in [0.4, 0.5) is 13.2 Å². The molecule has 0 saturated carbocycles. The summed E-state index contributed by atoms with van der Waals surface area (Å²) in [6.45, 7) is 4.93. The molecule has 1 aliphatic rings. The average Bonchev–Trinajstić information content (AvgIpc) is 2.92. The number of unbranched alkanes of at least 4 members (excludes halogenated alkanes) is 2. The van der Waals surface area contributed by atoms with E-state index in [0.29, 0.717) is 22.6 Å². The van der Waals surface area contributed by atoms with Gasteiger partial charge in [-0.25, -0.2) is 8.78 Å². The van der Waals surface area contributed by atoms with E-state index in [0.717, 1.165) is 25.0 Å². The Labute approximate surface area is 218 Å². The lowest BCUT2D eigenvalue weighted by atomic mass is 9.90. The van der Waals surface area contributed by atoms with E-state index < -0.39 is 11.6 Å². The van der Waals surface area contributed by atoms with Gasteiger partial charge in [-0.2, -0.15) is 4.39 Å². The largest absolute Gasteiger partial charge is 0.486 e. The molecule has 0 radical (unpaired) electrons. The lowest BCUT2D eigenvalue weighted by molar-refractivity contribution is -0.0200. The molecule has 4 rings (SSSR count). The van der Waals surface area contributed by atoms with Crippen LogP contribution in [0.5, 0.6) is 5.75 Å². The summed E-state index contributed by atoms with van der Waals surface area (Å²) in [5.41, 5.74) is 2.62. The third kappa shape index (κ3) is 6.64. The van der Waals surface area contributed by atoms with E-state index in [1.165, 1.54) is 37.8 Å². The molecule has 0 aromatic heterocycles. The summed E-state index contributed by atoms with van der Waals surface area (Å²) in [7, 11) is 0. The fourth-order valence-electron chi connectivity index (χ4n) is 4.87. The van der Waals surface area contributed by atoms with Crippen LogP contribution < -0.4 is 4.74 Å². The Bertz CT molecular complexity index is 1200. The van der Waals surface area contributed by atoms with Crippen LogP contribution in [-0.4, -0.2) is 13.2 Å².